The molecule has 0 aliphatic carbocycles. The molecule has 4 aromatic rings. The molecule has 2 aromatic carbocycles. The van der Waals surface area contributed by atoms with Crippen LogP contribution in [0.4, 0.5) is 8.78 Å². The number of hydrogen-bond acceptors (Lipinski definition) is 6. The van der Waals surface area contributed by atoms with Gasteiger partial charge in [0, 0.05) is 31.6 Å². The summed E-state index contributed by atoms with van der Waals surface area (Å²) >= 11 is 6.02. The van der Waals surface area contributed by atoms with E-state index < -0.39 is 23.0 Å². The lowest BCUT2D eigenvalue weighted by Crippen LogP contribution is -2.41. The molecule has 4 rings (SSSR count). The smallest absolute Gasteiger partial charge is 0.394 e. The number of benzene rings is 2. The number of aliphatic hydroxyl groups is 1. The van der Waals surface area contributed by atoms with Gasteiger partial charge in [-0.25, -0.2) is 4.79 Å². The zero-order chi connectivity index (χ0) is 27.8. The van der Waals surface area contributed by atoms with Crippen molar-refractivity contribution in [1.82, 2.24) is 18.7 Å². The van der Waals surface area contributed by atoms with Crippen molar-refractivity contribution in [3.8, 4) is 17.5 Å². The number of halogens is 3. The number of imidazole rings is 1. The maximum atomic E-state index is 13.6. The molecule has 0 spiro atoms. The summed E-state index contributed by atoms with van der Waals surface area (Å²) in [4.78, 5) is 31.0. The van der Waals surface area contributed by atoms with Crippen LogP contribution in [0, 0.1) is 0 Å². The summed E-state index contributed by atoms with van der Waals surface area (Å²) in [5.41, 5.74) is -1.37. The van der Waals surface area contributed by atoms with E-state index in [4.69, 9.17) is 16.3 Å². The minimum absolute atomic E-state index is 0.0160. The topological polar surface area (TPSA) is 101 Å². The van der Waals surface area contributed by atoms with Gasteiger partial charge in [0.15, 0.2) is 11.2 Å². The van der Waals surface area contributed by atoms with Gasteiger partial charge in [0.2, 0.25) is 0 Å². The molecule has 0 aliphatic heterocycles. The predicted octanol–water partition coefficient (Wildman–Crippen LogP) is 4.54. The minimum Gasteiger partial charge on any atom is -0.433 e. The lowest BCUT2D eigenvalue weighted by molar-refractivity contribution is -0.159. The Hall–Kier alpha value is -3.70. The lowest BCUT2D eigenvalue weighted by atomic mass is 10.1. The van der Waals surface area contributed by atoms with Gasteiger partial charge < -0.3 is 14.6 Å². The zero-order valence-electron chi connectivity index (χ0n) is 21.2. The van der Waals surface area contributed by atoms with Crippen LogP contribution in [0.25, 0.3) is 11.2 Å². The van der Waals surface area contributed by atoms with Gasteiger partial charge in [0.1, 0.15) is 11.5 Å². The molecule has 0 radical (unpaired) electrons. The van der Waals surface area contributed by atoms with Crippen molar-refractivity contribution in [3.05, 3.63) is 80.0 Å². The van der Waals surface area contributed by atoms with E-state index in [-0.39, 0.29) is 48.2 Å². The van der Waals surface area contributed by atoms with Gasteiger partial charge in [-0.05, 0) is 50.1 Å². The van der Waals surface area contributed by atoms with Crippen molar-refractivity contribution in [2.24, 2.45) is 7.05 Å². The Morgan fingerprint density at radius 1 is 1.03 bits per heavy atom. The van der Waals surface area contributed by atoms with Gasteiger partial charge in [-0.1, -0.05) is 29.8 Å². The highest BCUT2D eigenvalue weighted by Gasteiger charge is 2.25. The Labute approximate surface area is 221 Å². The molecule has 0 fully saturated rings. The molecule has 0 aliphatic rings. The van der Waals surface area contributed by atoms with Gasteiger partial charge in [-0.15, -0.1) is 0 Å². The molecule has 12 heteroatoms. The molecule has 0 amide bonds. The standard InChI is InChI=1S/C26H27ClF2N4O5/c1-25(2,36)12-13-32-22(34)20-21(31(4)24(32)35)30-23(33(20)15-16-8-10-17(27)11-9-16)37-18-6-5-7-19(14-18)38-26(3,28)29/h5-11,14,36H,12-13,15H2,1-4H3. The van der Waals surface area contributed by atoms with Crippen LogP contribution in [-0.2, 0) is 20.1 Å². The van der Waals surface area contributed by atoms with Crippen LogP contribution in [0.5, 0.6) is 17.5 Å². The molecule has 2 aromatic heterocycles. The van der Waals surface area contributed by atoms with Gasteiger partial charge in [0.25, 0.3) is 5.56 Å². The van der Waals surface area contributed by atoms with E-state index in [1.165, 1.54) is 40.4 Å². The molecule has 2 heterocycles. The number of fused-ring (bicyclic) bond motifs is 1. The van der Waals surface area contributed by atoms with Crippen molar-refractivity contribution in [1.29, 1.82) is 0 Å². The van der Waals surface area contributed by atoms with E-state index in [0.717, 1.165) is 10.1 Å². The van der Waals surface area contributed by atoms with Crippen LogP contribution >= 0.6 is 11.6 Å². The van der Waals surface area contributed by atoms with Gasteiger partial charge >= 0.3 is 17.8 Å². The zero-order valence-corrected chi connectivity index (χ0v) is 22.0. The third kappa shape index (κ3) is 6.22. The summed E-state index contributed by atoms with van der Waals surface area (Å²) in [5, 5.41) is 10.7. The van der Waals surface area contributed by atoms with E-state index in [9.17, 15) is 23.5 Å². The van der Waals surface area contributed by atoms with Crippen molar-refractivity contribution in [2.75, 3.05) is 0 Å². The molecular weight excluding hydrogens is 522 g/mol. The van der Waals surface area contributed by atoms with Crippen LogP contribution in [-0.4, -0.2) is 35.5 Å². The van der Waals surface area contributed by atoms with Crippen LogP contribution in [0.1, 0.15) is 32.8 Å². The summed E-state index contributed by atoms with van der Waals surface area (Å²) < 4.78 is 41.1. The van der Waals surface area contributed by atoms with Gasteiger partial charge in [-0.2, -0.15) is 13.8 Å². The number of rotatable bonds is 9. The maximum Gasteiger partial charge on any atom is 0.394 e. The molecular formula is C26H27ClF2N4O5. The van der Waals surface area contributed by atoms with Crippen molar-refractivity contribution < 1.29 is 23.4 Å². The number of hydrogen-bond donors (Lipinski definition) is 1. The first kappa shape index (κ1) is 27.3. The summed E-state index contributed by atoms with van der Waals surface area (Å²) in [5.74, 6) is 0.00324. The normalized spacial score (nSPS) is 12.2. The fourth-order valence-electron chi connectivity index (χ4n) is 3.84. The Bertz CT molecular complexity index is 1580. The fraction of sp³-hybridized carbons (Fsp3) is 0.346. The van der Waals surface area contributed by atoms with Crippen molar-refractivity contribution in [3.63, 3.8) is 0 Å². The molecule has 0 bridgehead atoms. The highest BCUT2D eigenvalue weighted by Crippen LogP contribution is 2.30. The average Bonchev–Trinajstić information content (AvgIpc) is 3.15. The van der Waals surface area contributed by atoms with E-state index in [2.05, 4.69) is 9.72 Å². The van der Waals surface area contributed by atoms with Crippen molar-refractivity contribution in [2.45, 2.75) is 52.0 Å². The van der Waals surface area contributed by atoms with Gasteiger partial charge in [0.05, 0.1) is 12.1 Å². The van der Waals surface area contributed by atoms with Crippen LogP contribution in [0.2, 0.25) is 5.02 Å². The van der Waals surface area contributed by atoms with Crippen LogP contribution in [0.15, 0.2) is 58.1 Å². The third-order valence-electron chi connectivity index (χ3n) is 5.71. The number of nitrogens with zero attached hydrogens (tertiary/aromatic N) is 4. The van der Waals surface area contributed by atoms with E-state index >= 15 is 0 Å². The quantitative estimate of drug-likeness (QED) is 0.329. The van der Waals surface area contributed by atoms with Crippen molar-refractivity contribution >= 4 is 22.8 Å². The average molecular weight is 549 g/mol. The third-order valence-corrected chi connectivity index (χ3v) is 5.96. The number of ether oxygens (including phenoxy) is 2. The highest BCUT2D eigenvalue weighted by atomic mass is 35.5. The molecule has 1 N–H and O–H groups in total. The Morgan fingerprint density at radius 3 is 2.32 bits per heavy atom. The highest BCUT2D eigenvalue weighted by molar-refractivity contribution is 6.30. The first-order valence-electron chi connectivity index (χ1n) is 11.7. The minimum atomic E-state index is -3.40. The Morgan fingerprint density at radius 2 is 1.68 bits per heavy atom. The second-order valence-electron chi connectivity index (χ2n) is 9.63. The molecule has 0 saturated carbocycles. The monoisotopic (exact) mass is 548 g/mol. The predicted molar refractivity (Wildman–Crippen MR) is 138 cm³/mol. The van der Waals surface area contributed by atoms with Crippen LogP contribution < -0.4 is 20.7 Å². The summed E-state index contributed by atoms with van der Waals surface area (Å²) in [7, 11) is 1.48. The lowest BCUT2D eigenvalue weighted by Gasteiger charge is -2.17. The largest absolute Gasteiger partial charge is 0.433 e. The molecule has 9 nitrogen and oxygen atoms in total. The Kier molecular flexibility index (Phi) is 7.35. The summed E-state index contributed by atoms with van der Waals surface area (Å²) in [6.07, 6.45) is -3.23. The van der Waals surface area contributed by atoms with E-state index in [0.29, 0.717) is 11.9 Å². The Balaban J connectivity index is 1.87. The maximum absolute atomic E-state index is 13.6. The number of aromatic nitrogens is 4. The SMILES string of the molecule is Cn1c(=O)n(CCC(C)(C)O)c(=O)c2c1nc(Oc1cccc(OC(C)(F)F)c1)n2Cc1ccc(Cl)cc1. The summed E-state index contributed by atoms with van der Waals surface area (Å²) in [6, 6.07) is 12.5. The fourth-order valence-corrected chi connectivity index (χ4v) is 3.97. The molecule has 38 heavy (non-hydrogen) atoms. The number of alkyl halides is 2. The number of aryl methyl sites for hydroxylation is 1. The molecule has 0 atom stereocenters. The first-order chi connectivity index (χ1) is 17.7. The summed E-state index contributed by atoms with van der Waals surface area (Å²) in [6.45, 7) is 3.91. The second-order valence-corrected chi connectivity index (χ2v) is 10.1. The second kappa shape index (κ2) is 10.2. The van der Waals surface area contributed by atoms with Crippen LogP contribution in [0.3, 0.4) is 0 Å². The molecule has 0 unspecified atom stereocenters. The van der Waals surface area contributed by atoms with E-state index in [1.807, 2.05) is 0 Å². The molecule has 202 valence electrons. The molecule has 0 saturated heterocycles. The first-order valence-corrected chi connectivity index (χ1v) is 12.1. The van der Waals surface area contributed by atoms with E-state index in [1.54, 1.807) is 38.1 Å². The van der Waals surface area contributed by atoms with Gasteiger partial charge in [-0.3, -0.25) is 18.5 Å².